The highest BCUT2D eigenvalue weighted by Gasteiger charge is 2.35. The van der Waals surface area contributed by atoms with Crippen molar-refractivity contribution in [3.8, 4) is 0 Å². The molecule has 0 aliphatic carbocycles. The van der Waals surface area contributed by atoms with E-state index in [9.17, 15) is 4.79 Å². The molecular formula is C18H23NOS. The fraction of sp³-hybridized carbons (Fsp3) is 0.500. The van der Waals surface area contributed by atoms with E-state index in [4.69, 9.17) is 0 Å². The quantitative estimate of drug-likeness (QED) is 0.763. The Kier molecular flexibility index (Phi) is 4.14. The van der Waals surface area contributed by atoms with Crippen molar-refractivity contribution in [2.75, 3.05) is 13.1 Å². The maximum atomic E-state index is 13.2. The lowest BCUT2D eigenvalue weighted by Gasteiger charge is -2.36. The average Bonchev–Trinajstić information content (AvgIpc) is 2.79. The number of Topliss-reactive ketones (excluding diaryl/α,β-unsaturated/α-hetero) is 1. The number of benzene rings is 1. The first-order chi connectivity index (χ1) is 10.1. The molecule has 0 spiro atoms. The first-order valence-electron chi connectivity index (χ1n) is 7.87. The normalized spacial score (nSPS) is 17.8. The second-order valence-corrected chi connectivity index (χ2v) is 7.35. The van der Waals surface area contributed by atoms with Crippen LogP contribution in [0.15, 0.2) is 29.6 Å². The largest absolute Gasteiger partial charge is 0.292 e. The van der Waals surface area contributed by atoms with Gasteiger partial charge in [0, 0.05) is 10.3 Å². The molecule has 1 aliphatic rings. The number of ketones is 1. The van der Waals surface area contributed by atoms with Gasteiger partial charge >= 0.3 is 0 Å². The second kappa shape index (κ2) is 5.90. The van der Waals surface area contributed by atoms with Gasteiger partial charge in [-0.1, -0.05) is 25.0 Å². The molecule has 1 aromatic carbocycles. The lowest BCUT2D eigenvalue weighted by molar-refractivity contribution is 0.0651. The number of hydrogen-bond donors (Lipinski definition) is 0. The number of thiophene rings is 1. The molecule has 3 heteroatoms. The summed E-state index contributed by atoms with van der Waals surface area (Å²) in [5.74, 6) is 0.262. The van der Waals surface area contributed by atoms with Crippen LogP contribution in [0.2, 0.25) is 0 Å². The lowest BCUT2D eigenvalue weighted by Crippen LogP contribution is -2.50. The Bertz CT molecular complexity index is 635. The standard InChI is InChI=1S/C18H23NOS/c1-18(2,19-11-5-3-4-6-12-19)17(20)15-9-7-8-14-10-13-21-16(14)15/h7-10,13H,3-6,11-12H2,1-2H3. The van der Waals surface area contributed by atoms with Gasteiger partial charge in [0.15, 0.2) is 5.78 Å². The van der Waals surface area contributed by atoms with Gasteiger partial charge in [0.2, 0.25) is 0 Å². The van der Waals surface area contributed by atoms with Gasteiger partial charge in [-0.05, 0) is 62.7 Å². The molecule has 0 amide bonds. The van der Waals surface area contributed by atoms with E-state index in [1.807, 2.05) is 12.1 Å². The molecule has 112 valence electrons. The predicted molar refractivity (Wildman–Crippen MR) is 90.3 cm³/mol. The van der Waals surface area contributed by atoms with Crippen LogP contribution in [0.5, 0.6) is 0 Å². The van der Waals surface area contributed by atoms with Crippen LogP contribution in [0.3, 0.4) is 0 Å². The smallest absolute Gasteiger partial charge is 0.183 e. The Morgan fingerprint density at radius 1 is 1.10 bits per heavy atom. The number of hydrogen-bond acceptors (Lipinski definition) is 3. The Balaban J connectivity index is 1.94. The number of carbonyl (C=O) groups excluding carboxylic acids is 1. The third-order valence-electron chi connectivity index (χ3n) is 4.68. The van der Waals surface area contributed by atoms with Gasteiger partial charge in [0.25, 0.3) is 0 Å². The van der Waals surface area contributed by atoms with E-state index >= 15 is 0 Å². The van der Waals surface area contributed by atoms with Gasteiger partial charge in [-0.3, -0.25) is 9.69 Å². The molecule has 21 heavy (non-hydrogen) atoms. The van der Waals surface area contributed by atoms with Gasteiger partial charge in [-0.25, -0.2) is 0 Å². The number of nitrogens with zero attached hydrogens (tertiary/aromatic N) is 1. The van der Waals surface area contributed by atoms with Crippen LogP contribution in [-0.2, 0) is 0 Å². The van der Waals surface area contributed by atoms with Crippen molar-refractivity contribution < 1.29 is 4.79 Å². The molecule has 3 rings (SSSR count). The maximum Gasteiger partial charge on any atom is 0.183 e. The van der Waals surface area contributed by atoms with Gasteiger partial charge in [0.05, 0.1) is 5.54 Å². The van der Waals surface area contributed by atoms with Gasteiger partial charge in [-0.2, -0.15) is 0 Å². The van der Waals surface area contributed by atoms with Crippen molar-refractivity contribution in [3.05, 3.63) is 35.2 Å². The molecule has 1 aliphatic heterocycles. The van der Waals surface area contributed by atoms with Crippen LogP contribution in [0.1, 0.15) is 49.9 Å². The minimum atomic E-state index is -0.414. The van der Waals surface area contributed by atoms with Gasteiger partial charge < -0.3 is 0 Å². The maximum absolute atomic E-state index is 13.2. The van der Waals surface area contributed by atoms with Crippen molar-refractivity contribution in [3.63, 3.8) is 0 Å². The van der Waals surface area contributed by atoms with E-state index in [-0.39, 0.29) is 5.78 Å². The summed E-state index contributed by atoms with van der Waals surface area (Å²) >= 11 is 1.67. The molecule has 0 radical (unpaired) electrons. The zero-order chi connectivity index (χ0) is 14.9. The Hall–Kier alpha value is -1.19. The van der Waals surface area contributed by atoms with Crippen LogP contribution in [0, 0.1) is 0 Å². The summed E-state index contributed by atoms with van der Waals surface area (Å²) in [5.41, 5.74) is 0.472. The van der Waals surface area contributed by atoms with Crippen LogP contribution >= 0.6 is 11.3 Å². The molecule has 2 heterocycles. The summed E-state index contributed by atoms with van der Waals surface area (Å²) in [6.45, 7) is 6.26. The van der Waals surface area contributed by atoms with Crippen molar-refractivity contribution >= 4 is 27.2 Å². The minimum absolute atomic E-state index is 0.262. The Morgan fingerprint density at radius 2 is 1.81 bits per heavy atom. The SMILES string of the molecule is CC(C)(C(=O)c1cccc2ccsc12)N1CCCCCC1. The molecule has 0 bridgehead atoms. The molecule has 1 aromatic heterocycles. The van der Waals surface area contributed by atoms with Crippen LogP contribution in [0.4, 0.5) is 0 Å². The fourth-order valence-electron chi connectivity index (χ4n) is 3.27. The zero-order valence-electron chi connectivity index (χ0n) is 12.9. The summed E-state index contributed by atoms with van der Waals surface area (Å²) in [6, 6.07) is 8.17. The van der Waals surface area contributed by atoms with E-state index in [0.717, 1.165) is 23.4 Å². The fourth-order valence-corrected chi connectivity index (χ4v) is 4.19. The van der Waals surface area contributed by atoms with Gasteiger partial charge in [-0.15, -0.1) is 11.3 Å². The van der Waals surface area contributed by atoms with E-state index in [2.05, 4.69) is 36.3 Å². The first-order valence-corrected chi connectivity index (χ1v) is 8.75. The Labute approximate surface area is 130 Å². The predicted octanol–water partition coefficient (Wildman–Crippen LogP) is 4.74. The van der Waals surface area contributed by atoms with Crippen LogP contribution < -0.4 is 0 Å². The number of carbonyl (C=O) groups is 1. The van der Waals surface area contributed by atoms with E-state index < -0.39 is 5.54 Å². The summed E-state index contributed by atoms with van der Waals surface area (Å²) in [4.78, 5) is 15.5. The van der Waals surface area contributed by atoms with Crippen molar-refractivity contribution in [1.82, 2.24) is 4.90 Å². The van der Waals surface area contributed by atoms with Crippen molar-refractivity contribution in [2.24, 2.45) is 0 Å². The van der Waals surface area contributed by atoms with E-state index in [1.165, 1.54) is 31.1 Å². The van der Waals surface area contributed by atoms with Gasteiger partial charge in [0.1, 0.15) is 0 Å². The highest BCUT2D eigenvalue weighted by atomic mass is 32.1. The Morgan fingerprint density at radius 3 is 2.52 bits per heavy atom. The number of rotatable bonds is 3. The monoisotopic (exact) mass is 301 g/mol. The van der Waals surface area contributed by atoms with E-state index in [1.54, 1.807) is 11.3 Å². The zero-order valence-corrected chi connectivity index (χ0v) is 13.7. The molecule has 1 fully saturated rings. The first kappa shape index (κ1) is 14.7. The summed E-state index contributed by atoms with van der Waals surface area (Å²) in [7, 11) is 0. The summed E-state index contributed by atoms with van der Waals surface area (Å²) in [5, 5.41) is 3.25. The molecule has 0 unspecified atom stereocenters. The second-order valence-electron chi connectivity index (χ2n) is 6.43. The topological polar surface area (TPSA) is 20.3 Å². The van der Waals surface area contributed by atoms with Crippen molar-refractivity contribution in [1.29, 1.82) is 0 Å². The number of fused-ring (bicyclic) bond motifs is 1. The highest BCUT2D eigenvalue weighted by Crippen LogP contribution is 2.30. The third-order valence-corrected chi connectivity index (χ3v) is 5.64. The summed E-state index contributed by atoms with van der Waals surface area (Å²) < 4.78 is 1.13. The number of likely N-dealkylation sites (tertiary alicyclic amines) is 1. The van der Waals surface area contributed by atoms with E-state index in [0.29, 0.717) is 0 Å². The minimum Gasteiger partial charge on any atom is -0.292 e. The molecule has 1 saturated heterocycles. The molecule has 2 aromatic rings. The van der Waals surface area contributed by atoms with Crippen LogP contribution in [0.25, 0.3) is 10.1 Å². The van der Waals surface area contributed by atoms with Crippen molar-refractivity contribution in [2.45, 2.75) is 45.1 Å². The lowest BCUT2D eigenvalue weighted by atomic mass is 9.90. The molecule has 0 saturated carbocycles. The molecule has 0 N–H and O–H groups in total. The van der Waals surface area contributed by atoms with Crippen LogP contribution in [-0.4, -0.2) is 29.3 Å². The highest BCUT2D eigenvalue weighted by molar-refractivity contribution is 7.17. The summed E-state index contributed by atoms with van der Waals surface area (Å²) in [6.07, 6.45) is 5.00. The average molecular weight is 301 g/mol. The third kappa shape index (κ3) is 2.77. The molecule has 2 nitrogen and oxygen atoms in total. The molecular weight excluding hydrogens is 278 g/mol. The molecule has 0 atom stereocenters.